The molecule has 0 saturated carbocycles. The lowest BCUT2D eigenvalue weighted by atomic mass is 10.2. The number of hydrogen-bond donors (Lipinski definition) is 2. The van der Waals surface area contributed by atoms with Crippen LogP contribution in [0.25, 0.3) is 0 Å². The summed E-state index contributed by atoms with van der Waals surface area (Å²) in [6.07, 6.45) is 2.47. The summed E-state index contributed by atoms with van der Waals surface area (Å²) in [5, 5.41) is 0. The fourth-order valence-electron chi connectivity index (χ4n) is 2.22. The first-order valence-electron chi connectivity index (χ1n) is 6.61. The number of nitrogens with zero attached hydrogens (tertiary/aromatic N) is 2. The Morgan fingerprint density at radius 2 is 2.00 bits per heavy atom. The van der Waals surface area contributed by atoms with Gasteiger partial charge in [-0.1, -0.05) is 0 Å². The van der Waals surface area contributed by atoms with Gasteiger partial charge in [-0.15, -0.1) is 0 Å². The number of hydrogen-bond acceptors (Lipinski definition) is 4. The topological polar surface area (TPSA) is 82.4 Å². The lowest BCUT2D eigenvalue weighted by Crippen LogP contribution is -2.49. The highest BCUT2D eigenvalue weighted by Crippen LogP contribution is 2.07. The second-order valence-corrected chi connectivity index (χ2v) is 4.72. The van der Waals surface area contributed by atoms with Gasteiger partial charge in [-0.25, -0.2) is 0 Å². The van der Waals surface area contributed by atoms with E-state index in [0.717, 1.165) is 39.1 Å². The molecule has 1 aromatic heterocycles. The molecule has 0 aromatic carbocycles. The van der Waals surface area contributed by atoms with Crippen molar-refractivity contribution in [3.05, 3.63) is 34.2 Å². The van der Waals surface area contributed by atoms with E-state index >= 15 is 0 Å². The first-order chi connectivity index (χ1) is 9.20. The Balaban J connectivity index is 1.88. The molecular formula is C13H20N4O2. The predicted molar refractivity (Wildman–Crippen MR) is 73.1 cm³/mol. The number of pyridine rings is 1. The monoisotopic (exact) mass is 264 g/mol. The Morgan fingerprint density at radius 1 is 1.26 bits per heavy atom. The van der Waals surface area contributed by atoms with Crippen LogP contribution in [-0.2, 0) is 0 Å². The smallest absolute Gasteiger partial charge is 0.255 e. The van der Waals surface area contributed by atoms with E-state index in [0.29, 0.717) is 12.1 Å². The molecule has 1 fully saturated rings. The molecule has 6 nitrogen and oxygen atoms in total. The first-order valence-corrected chi connectivity index (χ1v) is 6.61. The van der Waals surface area contributed by atoms with Gasteiger partial charge in [-0.2, -0.15) is 0 Å². The quantitative estimate of drug-likeness (QED) is 0.767. The van der Waals surface area contributed by atoms with Crippen molar-refractivity contribution in [2.24, 2.45) is 5.73 Å². The van der Waals surface area contributed by atoms with E-state index in [9.17, 15) is 9.59 Å². The number of amides is 1. The van der Waals surface area contributed by atoms with Crippen molar-refractivity contribution in [1.29, 1.82) is 0 Å². The molecule has 0 unspecified atom stereocenters. The normalized spacial score (nSPS) is 16.6. The Bertz CT molecular complexity index is 457. The third kappa shape index (κ3) is 3.65. The highest BCUT2D eigenvalue weighted by atomic mass is 16.2. The highest BCUT2D eigenvalue weighted by Gasteiger charge is 2.21. The van der Waals surface area contributed by atoms with Gasteiger partial charge in [0.2, 0.25) is 5.56 Å². The van der Waals surface area contributed by atoms with Crippen LogP contribution >= 0.6 is 0 Å². The predicted octanol–water partition coefficient (Wildman–Crippen LogP) is -0.518. The number of aromatic nitrogens is 1. The van der Waals surface area contributed by atoms with E-state index in [4.69, 9.17) is 5.73 Å². The number of nitrogens with two attached hydrogens (primary N) is 1. The molecule has 0 atom stereocenters. The second-order valence-electron chi connectivity index (χ2n) is 4.72. The van der Waals surface area contributed by atoms with Crippen molar-refractivity contribution in [2.75, 3.05) is 39.3 Å². The van der Waals surface area contributed by atoms with Crippen molar-refractivity contribution in [2.45, 2.75) is 6.42 Å². The summed E-state index contributed by atoms with van der Waals surface area (Å²) in [7, 11) is 0. The Kier molecular flexibility index (Phi) is 4.70. The average molecular weight is 264 g/mol. The van der Waals surface area contributed by atoms with Crippen LogP contribution in [0.2, 0.25) is 0 Å². The third-order valence-electron chi connectivity index (χ3n) is 3.37. The van der Waals surface area contributed by atoms with Crippen LogP contribution in [0.3, 0.4) is 0 Å². The van der Waals surface area contributed by atoms with E-state index in [2.05, 4.69) is 9.88 Å². The molecule has 6 heteroatoms. The fourth-order valence-corrected chi connectivity index (χ4v) is 2.22. The van der Waals surface area contributed by atoms with E-state index in [1.165, 1.54) is 12.3 Å². The van der Waals surface area contributed by atoms with Crippen molar-refractivity contribution < 1.29 is 4.79 Å². The number of H-pyrrole nitrogens is 1. The molecule has 1 aliphatic rings. The number of rotatable bonds is 4. The minimum atomic E-state index is -0.192. The number of aromatic amines is 1. The fraction of sp³-hybridized carbons (Fsp3) is 0.538. The minimum Gasteiger partial charge on any atom is -0.336 e. The van der Waals surface area contributed by atoms with E-state index in [1.54, 1.807) is 6.07 Å². The molecular weight excluding hydrogens is 244 g/mol. The summed E-state index contributed by atoms with van der Waals surface area (Å²) in [6, 6.07) is 2.95. The Hall–Kier alpha value is -1.66. The summed E-state index contributed by atoms with van der Waals surface area (Å²) < 4.78 is 0. The standard InChI is InChI=1S/C13H20N4O2/c14-4-1-5-16-6-8-17(9-7-16)13(19)11-2-3-12(18)15-10-11/h2-3,10H,1,4-9,14H2,(H,15,18). The van der Waals surface area contributed by atoms with Gasteiger partial charge in [0.15, 0.2) is 0 Å². The SMILES string of the molecule is NCCCN1CCN(C(=O)c2ccc(=O)[nH]c2)CC1. The molecule has 1 aliphatic heterocycles. The maximum absolute atomic E-state index is 12.2. The van der Waals surface area contributed by atoms with Gasteiger partial charge in [-0.3, -0.25) is 14.5 Å². The van der Waals surface area contributed by atoms with Crippen molar-refractivity contribution in [1.82, 2.24) is 14.8 Å². The molecule has 1 aromatic rings. The number of carbonyl (C=O) groups excluding carboxylic acids is 1. The van der Waals surface area contributed by atoms with E-state index < -0.39 is 0 Å². The van der Waals surface area contributed by atoms with Crippen LogP contribution in [0, 0.1) is 0 Å². The molecule has 1 saturated heterocycles. The zero-order valence-electron chi connectivity index (χ0n) is 11.0. The third-order valence-corrected chi connectivity index (χ3v) is 3.37. The molecule has 3 N–H and O–H groups in total. The lowest BCUT2D eigenvalue weighted by Gasteiger charge is -2.34. The van der Waals surface area contributed by atoms with Gasteiger partial charge < -0.3 is 15.6 Å². The summed E-state index contributed by atoms with van der Waals surface area (Å²) in [6.45, 7) is 4.92. The zero-order valence-corrected chi connectivity index (χ0v) is 11.0. The van der Waals surface area contributed by atoms with Gasteiger partial charge in [0.1, 0.15) is 0 Å². The van der Waals surface area contributed by atoms with Crippen molar-refractivity contribution in [3.8, 4) is 0 Å². The van der Waals surface area contributed by atoms with Gasteiger partial charge in [-0.05, 0) is 25.6 Å². The summed E-state index contributed by atoms with van der Waals surface area (Å²) in [4.78, 5) is 29.8. The largest absolute Gasteiger partial charge is 0.336 e. The number of nitrogens with one attached hydrogen (secondary N) is 1. The van der Waals surface area contributed by atoms with Gasteiger partial charge in [0, 0.05) is 38.4 Å². The van der Waals surface area contributed by atoms with Crippen LogP contribution in [0.15, 0.2) is 23.1 Å². The maximum atomic E-state index is 12.2. The molecule has 19 heavy (non-hydrogen) atoms. The van der Waals surface area contributed by atoms with Crippen LogP contribution < -0.4 is 11.3 Å². The number of piperazine rings is 1. The molecule has 2 heterocycles. The van der Waals surface area contributed by atoms with E-state index in [-0.39, 0.29) is 11.5 Å². The molecule has 2 rings (SSSR count). The maximum Gasteiger partial charge on any atom is 0.255 e. The first kappa shape index (κ1) is 13.8. The Labute approximate surface area is 112 Å². The summed E-state index contributed by atoms with van der Waals surface area (Å²) in [5.41, 5.74) is 5.83. The lowest BCUT2D eigenvalue weighted by molar-refractivity contribution is 0.0636. The highest BCUT2D eigenvalue weighted by molar-refractivity contribution is 5.93. The second kappa shape index (κ2) is 6.49. The van der Waals surface area contributed by atoms with Crippen LogP contribution in [0.4, 0.5) is 0 Å². The van der Waals surface area contributed by atoms with Gasteiger partial charge in [0.05, 0.1) is 5.56 Å². The van der Waals surface area contributed by atoms with Gasteiger partial charge >= 0.3 is 0 Å². The molecule has 0 radical (unpaired) electrons. The molecule has 104 valence electrons. The van der Waals surface area contributed by atoms with Crippen LogP contribution in [0.1, 0.15) is 16.8 Å². The zero-order chi connectivity index (χ0) is 13.7. The summed E-state index contributed by atoms with van der Waals surface area (Å²) in [5.74, 6) is -0.0188. The van der Waals surface area contributed by atoms with Crippen molar-refractivity contribution >= 4 is 5.91 Å². The van der Waals surface area contributed by atoms with Crippen molar-refractivity contribution in [3.63, 3.8) is 0 Å². The van der Waals surface area contributed by atoms with Crippen LogP contribution in [0.5, 0.6) is 0 Å². The Morgan fingerprint density at radius 3 is 2.58 bits per heavy atom. The summed E-state index contributed by atoms with van der Waals surface area (Å²) >= 11 is 0. The molecule has 0 aliphatic carbocycles. The average Bonchev–Trinajstić information content (AvgIpc) is 2.46. The van der Waals surface area contributed by atoms with Crippen LogP contribution in [-0.4, -0.2) is 60.0 Å². The number of carbonyl (C=O) groups is 1. The van der Waals surface area contributed by atoms with E-state index in [1.807, 2.05) is 4.90 Å². The minimum absolute atomic E-state index is 0.0188. The van der Waals surface area contributed by atoms with Gasteiger partial charge in [0.25, 0.3) is 5.91 Å². The molecule has 0 bridgehead atoms. The molecule has 1 amide bonds. The molecule has 0 spiro atoms.